The van der Waals surface area contributed by atoms with Gasteiger partial charge < -0.3 is 0 Å². The minimum atomic E-state index is 0.431. The van der Waals surface area contributed by atoms with Gasteiger partial charge in [0.25, 0.3) is 0 Å². The van der Waals surface area contributed by atoms with Gasteiger partial charge in [-0.3, -0.25) is 5.32 Å². The van der Waals surface area contributed by atoms with Gasteiger partial charge >= 0.3 is 0 Å². The fraction of sp³-hybridized carbons (Fsp3) is 0.600. The Bertz CT molecular complexity index is 215. The molecule has 1 nitrogen and oxygen atoms in total. The lowest BCUT2D eigenvalue weighted by Gasteiger charge is -2.12. The van der Waals surface area contributed by atoms with Crippen molar-refractivity contribution in [2.75, 3.05) is 6.54 Å². The minimum Gasteiger partial charge on any atom is -0.300 e. The van der Waals surface area contributed by atoms with E-state index in [1.165, 1.54) is 12.8 Å². The molecule has 0 amide bonds. The molecule has 0 aromatic rings. The van der Waals surface area contributed by atoms with Crippen LogP contribution in [0.4, 0.5) is 0 Å². The van der Waals surface area contributed by atoms with Crippen molar-refractivity contribution in [1.82, 2.24) is 5.32 Å². The smallest absolute Gasteiger partial charge is 0.0726 e. The molecule has 0 radical (unpaired) electrons. The second-order valence-electron chi connectivity index (χ2n) is 3.23. The Morgan fingerprint density at radius 3 is 2.73 bits per heavy atom. The van der Waals surface area contributed by atoms with Crippen LogP contribution in [0, 0.1) is 17.8 Å². The first-order valence-corrected chi connectivity index (χ1v) is 4.34. The Hall–Kier alpha value is -0.740. The Morgan fingerprint density at radius 2 is 2.09 bits per heavy atom. The van der Waals surface area contributed by atoms with Crippen LogP contribution in [0.1, 0.15) is 19.3 Å². The first-order valence-electron chi connectivity index (χ1n) is 4.34. The molecule has 1 saturated carbocycles. The quantitative estimate of drug-likeness (QED) is 0.402. The van der Waals surface area contributed by atoms with Gasteiger partial charge in [-0.25, -0.2) is 0 Å². The number of nitrogens with one attached hydrogen (secondary N) is 1. The van der Waals surface area contributed by atoms with Crippen molar-refractivity contribution in [3.63, 3.8) is 0 Å². The topological polar surface area (TPSA) is 12.0 Å². The Balaban J connectivity index is 1.85. The summed E-state index contributed by atoms with van der Waals surface area (Å²) < 4.78 is 0. The molecule has 1 fully saturated rings. The van der Waals surface area contributed by atoms with Crippen LogP contribution in [0.15, 0.2) is 12.2 Å². The molecule has 1 aliphatic carbocycles. The normalized spacial score (nSPS) is 29.3. The van der Waals surface area contributed by atoms with Gasteiger partial charge in [0.2, 0.25) is 0 Å². The van der Waals surface area contributed by atoms with Gasteiger partial charge in [-0.2, -0.15) is 0 Å². The lowest BCUT2D eigenvalue weighted by Crippen LogP contribution is -2.29. The van der Waals surface area contributed by atoms with Crippen molar-refractivity contribution in [3.05, 3.63) is 12.2 Å². The van der Waals surface area contributed by atoms with Crippen LogP contribution in [0.25, 0.3) is 0 Å². The highest BCUT2D eigenvalue weighted by molar-refractivity contribution is 5.17. The third-order valence-electron chi connectivity index (χ3n) is 2.06. The van der Waals surface area contributed by atoms with Crippen LogP contribution in [0.5, 0.6) is 0 Å². The standard InChI is InChI=1S/C10H13N/c1-2-8-11-10(3-1)7-6-9-4-5-9/h1-2,9-11H,3-5,8H2. The molecule has 58 valence electrons. The highest BCUT2D eigenvalue weighted by Crippen LogP contribution is 2.27. The van der Waals surface area contributed by atoms with E-state index < -0.39 is 0 Å². The SMILES string of the molecule is C(#CC1CC=CCN1)C1CC1. The van der Waals surface area contributed by atoms with E-state index in [1.807, 2.05) is 0 Å². The van der Waals surface area contributed by atoms with Crippen molar-refractivity contribution < 1.29 is 0 Å². The number of hydrogen-bond donors (Lipinski definition) is 1. The second-order valence-corrected chi connectivity index (χ2v) is 3.23. The van der Waals surface area contributed by atoms with Gasteiger partial charge in [-0.1, -0.05) is 24.0 Å². The van der Waals surface area contributed by atoms with Gasteiger partial charge in [0, 0.05) is 12.5 Å². The van der Waals surface area contributed by atoms with Gasteiger partial charge in [-0.15, -0.1) is 0 Å². The largest absolute Gasteiger partial charge is 0.300 e. The fourth-order valence-corrected chi connectivity index (χ4v) is 1.17. The van der Waals surface area contributed by atoms with Crippen molar-refractivity contribution >= 4 is 0 Å². The minimum absolute atomic E-state index is 0.431. The van der Waals surface area contributed by atoms with Gasteiger partial charge in [0.15, 0.2) is 0 Å². The summed E-state index contributed by atoms with van der Waals surface area (Å²) in [5.41, 5.74) is 0. The third-order valence-corrected chi connectivity index (χ3v) is 2.06. The molecule has 11 heavy (non-hydrogen) atoms. The van der Waals surface area contributed by atoms with Crippen LogP contribution in [-0.2, 0) is 0 Å². The maximum absolute atomic E-state index is 3.34. The average Bonchev–Trinajstić information content (AvgIpc) is 2.86. The molecule has 2 rings (SSSR count). The van der Waals surface area contributed by atoms with Crippen molar-refractivity contribution in [2.24, 2.45) is 5.92 Å². The van der Waals surface area contributed by atoms with Crippen LogP contribution in [-0.4, -0.2) is 12.6 Å². The molecule has 0 aromatic carbocycles. The first kappa shape index (κ1) is 6.94. The Labute approximate surface area is 67.9 Å². The summed E-state index contributed by atoms with van der Waals surface area (Å²) in [6, 6.07) is 0.431. The number of hydrogen-bond acceptors (Lipinski definition) is 1. The molecular formula is C10H13N. The highest BCUT2D eigenvalue weighted by atomic mass is 14.9. The second kappa shape index (κ2) is 3.11. The molecule has 1 N–H and O–H groups in total. The molecule has 1 atom stereocenters. The van der Waals surface area contributed by atoms with E-state index in [0.717, 1.165) is 18.9 Å². The summed E-state index contributed by atoms with van der Waals surface area (Å²) in [6.07, 6.45) is 8.11. The molecule has 1 aliphatic heterocycles. The van der Waals surface area contributed by atoms with E-state index in [-0.39, 0.29) is 0 Å². The summed E-state index contributed by atoms with van der Waals surface area (Å²) in [6.45, 7) is 0.990. The highest BCUT2D eigenvalue weighted by Gasteiger charge is 2.18. The monoisotopic (exact) mass is 147 g/mol. The predicted molar refractivity (Wildman–Crippen MR) is 46.0 cm³/mol. The van der Waals surface area contributed by atoms with E-state index in [9.17, 15) is 0 Å². The molecule has 1 heterocycles. The molecule has 2 aliphatic rings. The first-order chi connectivity index (χ1) is 5.45. The zero-order valence-electron chi connectivity index (χ0n) is 6.64. The lowest BCUT2D eigenvalue weighted by atomic mass is 10.1. The molecule has 0 bridgehead atoms. The summed E-state index contributed by atoms with van der Waals surface area (Å²) in [5, 5.41) is 3.34. The lowest BCUT2D eigenvalue weighted by molar-refractivity contribution is 0.634. The van der Waals surface area contributed by atoms with Crippen molar-refractivity contribution in [2.45, 2.75) is 25.3 Å². The van der Waals surface area contributed by atoms with E-state index >= 15 is 0 Å². The summed E-state index contributed by atoms with van der Waals surface area (Å²) in [7, 11) is 0. The van der Waals surface area contributed by atoms with Crippen molar-refractivity contribution in [1.29, 1.82) is 0 Å². The van der Waals surface area contributed by atoms with Gasteiger partial charge in [0.1, 0.15) is 0 Å². The fourth-order valence-electron chi connectivity index (χ4n) is 1.17. The van der Waals surface area contributed by atoms with E-state index in [0.29, 0.717) is 6.04 Å². The van der Waals surface area contributed by atoms with Gasteiger partial charge in [0.05, 0.1) is 6.04 Å². The van der Waals surface area contributed by atoms with E-state index in [4.69, 9.17) is 0 Å². The maximum atomic E-state index is 3.34. The van der Waals surface area contributed by atoms with Crippen LogP contribution < -0.4 is 5.32 Å². The maximum Gasteiger partial charge on any atom is 0.0726 e. The van der Waals surface area contributed by atoms with Gasteiger partial charge in [-0.05, 0) is 19.3 Å². The third kappa shape index (κ3) is 2.10. The summed E-state index contributed by atoms with van der Waals surface area (Å²) in [4.78, 5) is 0. The molecule has 0 saturated heterocycles. The van der Waals surface area contributed by atoms with Crippen LogP contribution in [0.3, 0.4) is 0 Å². The van der Waals surface area contributed by atoms with Crippen molar-refractivity contribution in [3.8, 4) is 11.8 Å². The van der Waals surface area contributed by atoms with E-state index in [1.54, 1.807) is 0 Å². The summed E-state index contributed by atoms with van der Waals surface area (Å²) in [5.74, 6) is 7.29. The van der Waals surface area contributed by atoms with Crippen LogP contribution in [0.2, 0.25) is 0 Å². The molecular weight excluding hydrogens is 134 g/mol. The average molecular weight is 147 g/mol. The van der Waals surface area contributed by atoms with E-state index in [2.05, 4.69) is 29.3 Å². The predicted octanol–water partition coefficient (Wildman–Crippen LogP) is 1.32. The molecule has 0 spiro atoms. The molecule has 0 aromatic heterocycles. The summed E-state index contributed by atoms with van der Waals surface area (Å²) >= 11 is 0. The molecule has 1 unspecified atom stereocenters. The van der Waals surface area contributed by atoms with Crippen LogP contribution >= 0.6 is 0 Å². The molecule has 1 heteroatoms. The Kier molecular flexibility index (Phi) is 1.96. The zero-order chi connectivity index (χ0) is 7.52. The number of rotatable bonds is 0. The zero-order valence-corrected chi connectivity index (χ0v) is 6.64. The Morgan fingerprint density at radius 1 is 1.18 bits per heavy atom.